The minimum atomic E-state index is -4.25. The van der Waals surface area contributed by atoms with E-state index < -0.39 is 19.7 Å². The lowest BCUT2D eigenvalue weighted by molar-refractivity contribution is -0.384. The van der Waals surface area contributed by atoms with Gasteiger partial charge < -0.3 is 9.05 Å². The van der Waals surface area contributed by atoms with Gasteiger partial charge in [-0.3, -0.25) is 10.1 Å². The number of rotatable bonds is 10. The van der Waals surface area contributed by atoms with E-state index in [2.05, 4.69) is 0 Å². The van der Waals surface area contributed by atoms with E-state index in [0.29, 0.717) is 11.5 Å². The third-order valence-corrected chi connectivity index (χ3v) is 13.1. The third kappa shape index (κ3) is 6.33. The predicted molar refractivity (Wildman–Crippen MR) is 165 cm³/mol. The van der Waals surface area contributed by atoms with Crippen LogP contribution in [0.3, 0.4) is 0 Å². The van der Waals surface area contributed by atoms with E-state index in [4.69, 9.17) is 13.6 Å². The van der Waals surface area contributed by atoms with Gasteiger partial charge in [0.2, 0.25) is 0 Å². The van der Waals surface area contributed by atoms with E-state index in [-0.39, 0.29) is 11.3 Å². The lowest BCUT2D eigenvalue weighted by Gasteiger charge is -2.33. The molecule has 0 spiro atoms. The van der Waals surface area contributed by atoms with Crippen molar-refractivity contribution in [3.63, 3.8) is 0 Å². The fourth-order valence-electron chi connectivity index (χ4n) is 4.63. The van der Waals surface area contributed by atoms with Crippen LogP contribution in [-0.2, 0) is 4.57 Å². The second-order valence-corrected chi connectivity index (χ2v) is 14.4. The van der Waals surface area contributed by atoms with Crippen LogP contribution in [-0.4, -0.2) is 4.92 Å². The van der Waals surface area contributed by atoms with Gasteiger partial charge in [-0.15, -0.1) is 0 Å². The molecule has 41 heavy (non-hydrogen) atoms. The first-order valence-corrected chi connectivity index (χ1v) is 16.3. The molecule has 9 heteroatoms. The number of hydrogen-bond donors (Lipinski definition) is 0. The molecule has 0 fully saturated rings. The summed E-state index contributed by atoms with van der Waals surface area (Å²) in [5.41, 5.74) is 0.457. The minimum absolute atomic E-state index is 0.00765. The Bertz CT molecular complexity index is 1610. The standard InChI is InChI=1S/C32H28N2O5P2/c1-26(27-22-24-28(25-23-27)34(35)36)40(31-18-10-4-11-19-31,32-20-12-5-13-21-32)33-41(37,38-29-14-6-2-7-15-29)39-30-16-8-3-9-17-30/h2-26H,1H3. The number of nitro groups is 1. The van der Waals surface area contributed by atoms with Crippen molar-refractivity contribution in [2.75, 3.05) is 0 Å². The van der Waals surface area contributed by atoms with E-state index in [9.17, 15) is 14.7 Å². The van der Waals surface area contributed by atoms with Gasteiger partial charge in [0.15, 0.2) is 0 Å². The molecular formula is C32H28N2O5P2. The van der Waals surface area contributed by atoms with Crippen molar-refractivity contribution >= 4 is 31.1 Å². The van der Waals surface area contributed by atoms with E-state index >= 15 is 0 Å². The van der Waals surface area contributed by atoms with Crippen molar-refractivity contribution < 1.29 is 18.5 Å². The number of non-ortho nitro benzene ring substituents is 1. The van der Waals surface area contributed by atoms with Crippen molar-refractivity contribution in [3.05, 3.63) is 161 Å². The van der Waals surface area contributed by atoms with E-state index in [0.717, 1.165) is 16.2 Å². The molecule has 5 aromatic carbocycles. The van der Waals surface area contributed by atoms with Gasteiger partial charge in [0.05, 0.1) is 4.92 Å². The maximum absolute atomic E-state index is 14.9. The van der Waals surface area contributed by atoms with Crippen molar-refractivity contribution in [3.8, 4) is 11.5 Å². The molecule has 0 aliphatic carbocycles. The number of hydrogen-bond acceptors (Lipinski definition) is 5. The van der Waals surface area contributed by atoms with Gasteiger partial charge in [-0.05, 0) is 40.4 Å². The molecule has 0 aromatic heterocycles. The molecule has 5 rings (SSSR count). The van der Waals surface area contributed by atoms with E-state index in [1.54, 1.807) is 60.7 Å². The Hall–Kier alpha value is -4.44. The second kappa shape index (κ2) is 12.4. The summed E-state index contributed by atoms with van der Waals surface area (Å²) in [6.45, 7) is 2.01. The summed E-state index contributed by atoms with van der Waals surface area (Å²) in [7, 11) is -7.26. The maximum Gasteiger partial charge on any atom is 0.562 e. The summed E-state index contributed by atoms with van der Waals surface area (Å²) in [6, 6.07) is 43.5. The van der Waals surface area contributed by atoms with Crippen LogP contribution in [0.5, 0.6) is 11.5 Å². The molecule has 0 saturated carbocycles. The number of nitro benzene ring substituents is 1. The average molecular weight is 583 g/mol. The highest BCUT2D eigenvalue weighted by molar-refractivity contribution is 7.84. The van der Waals surface area contributed by atoms with Crippen molar-refractivity contribution in [2.24, 2.45) is 4.52 Å². The van der Waals surface area contributed by atoms with Crippen LogP contribution < -0.4 is 19.7 Å². The fraction of sp³-hybridized carbons (Fsp3) is 0.0625. The zero-order chi connectivity index (χ0) is 28.7. The second-order valence-electron chi connectivity index (χ2n) is 9.25. The zero-order valence-corrected chi connectivity index (χ0v) is 24.1. The molecule has 0 radical (unpaired) electrons. The van der Waals surface area contributed by atoms with Crippen LogP contribution in [0, 0.1) is 10.1 Å². The van der Waals surface area contributed by atoms with Gasteiger partial charge in [-0.1, -0.05) is 116 Å². The molecule has 0 bridgehead atoms. The minimum Gasteiger partial charge on any atom is -0.399 e. The Morgan fingerprint density at radius 2 is 1.02 bits per heavy atom. The molecule has 0 saturated heterocycles. The topological polar surface area (TPSA) is 91.0 Å². The van der Waals surface area contributed by atoms with Crippen LogP contribution in [0.4, 0.5) is 5.69 Å². The molecule has 1 unspecified atom stereocenters. The molecule has 0 heterocycles. The Morgan fingerprint density at radius 1 is 0.634 bits per heavy atom. The quantitative estimate of drug-likeness (QED) is 0.0933. The van der Waals surface area contributed by atoms with Gasteiger partial charge in [0, 0.05) is 24.8 Å². The third-order valence-electron chi connectivity index (χ3n) is 6.63. The summed E-state index contributed by atoms with van der Waals surface area (Å²) in [5, 5.41) is 13.1. The summed E-state index contributed by atoms with van der Waals surface area (Å²) in [6.07, 6.45) is 0. The Morgan fingerprint density at radius 3 is 1.41 bits per heavy atom. The molecule has 5 aromatic rings. The van der Waals surface area contributed by atoms with Gasteiger partial charge in [-0.25, -0.2) is 4.57 Å². The molecule has 206 valence electrons. The zero-order valence-electron chi connectivity index (χ0n) is 22.3. The van der Waals surface area contributed by atoms with Gasteiger partial charge in [0.1, 0.15) is 11.5 Å². The van der Waals surface area contributed by atoms with E-state index in [1.807, 2.05) is 79.7 Å². The molecule has 7 nitrogen and oxygen atoms in total. The fourth-order valence-corrected chi connectivity index (χ4v) is 11.6. The molecule has 0 aliphatic rings. The van der Waals surface area contributed by atoms with Crippen molar-refractivity contribution in [1.82, 2.24) is 0 Å². The number of benzene rings is 5. The Balaban J connectivity index is 1.81. The molecular weight excluding hydrogens is 554 g/mol. The first kappa shape index (κ1) is 28.1. The van der Waals surface area contributed by atoms with Crippen LogP contribution in [0.2, 0.25) is 0 Å². The average Bonchev–Trinajstić information content (AvgIpc) is 3.01. The SMILES string of the molecule is CC(c1ccc([N+](=O)[O-])cc1)P(=NP(=O)(Oc1ccccc1)Oc1ccccc1)(c1ccccc1)c1ccccc1. The monoisotopic (exact) mass is 582 g/mol. The van der Waals surface area contributed by atoms with Crippen LogP contribution >= 0.6 is 14.8 Å². The van der Waals surface area contributed by atoms with Crippen molar-refractivity contribution in [1.29, 1.82) is 0 Å². The highest BCUT2D eigenvalue weighted by Crippen LogP contribution is 2.68. The lowest BCUT2D eigenvalue weighted by atomic mass is 10.1. The Labute approximate surface area is 239 Å². The maximum atomic E-state index is 14.9. The number of nitrogens with zero attached hydrogens (tertiary/aromatic N) is 2. The number of para-hydroxylation sites is 2. The molecule has 0 amide bonds. The van der Waals surface area contributed by atoms with Gasteiger partial charge >= 0.3 is 7.75 Å². The smallest absolute Gasteiger partial charge is 0.399 e. The van der Waals surface area contributed by atoms with Crippen molar-refractivity contribution in [2.45, 2.75) is 12.6 Å². The molecule has 0 aliphatic heterocycles. The Kier molecular flexibility index (Phi) is 8.49. The van der Waals surface area contributed by atoms with Gasteiger partial charge in [-0.2, -0.15) is 4.52 Å². The van der Waals surface area contributed by atoms with Gasteiger partial charge in [0.25, 0.3) is 5.69 Å². The van der Waals surface area contributed by atoms with Crippen LogP contribution in [0.25, 0.3) is 0 Å². The summed E-state index contributed by atoms with van der Waals surface area (Å²) in [4.78, 5) is 11.0. The first-order chi connectivity index (χ1) is 19.9. The highest BCUT2D eigenvalue weighted by atomic mass is 31.2. The lowest BCUT2D eigenvalue weighted by Crippen LogP contribution is -2.21. The van der Waals surface area contributed by atoms with Crippen LogP contribution in [0.15, 0.2) is 150 Å². The molecule has 1 atom stereocenters. The summed E-state index contributed by atoms with van der Waals surface area (Å²) < 4.78 is 32.4. The van der Waals surface area contributed by atoms with E-state index in [1.165, 1.54) is 12.1 Å². The highest BCUT2D eigenvalue weighted by Gasteiger charge is 2.40. The molecule has 0 N–H and O–H groups in total. The van der Waals surface area contributed by atoms with Crippen LogP contribution in [0.1, 0.15) is 18.1 Å². The summed E-state index contributed by atoms with van der Waals surface area (Å²) >= 11 is 0. The normalized spacial score (nSPS) is 12.2. The summed E-state index contributed by atoms with van der Waals surface area (Å²) in [5.74, 6) is 0.718. The predicted octanol–water partition coefficient (Wildman–Crippen LogP) is 8.77. The largest absolute Gasteiger partial charge is 0.562 e. The first-order valence-electron chi connectivity index (χ1n) is 13.0.